The zero-order valence-corrected chi connectivity index (χ0v) is 8.23. The molecule has 1 atom stereocenters. The molecule has 14 heavy (non-hydrogen) atoms. The number of rotatable bonds is 4. The van der Waals surface area contributed by atoms with Crippen LogP contribution in [0.5, 0.6) is 0 Å². The lowest BCUT2D eigenvalue weighted by Crippen LogP contribution is -2.06. The minimum absolute atomic E-state index is 0.0400. The van der Waals surface area contributed by atoms with Gasteiger partial charge in [-0.2, -0.15) is 0 Å². The van der Waals surface area contributed by atoms with Gasteiger partial charge in [0.25, 0.3) is 0 Å². The predicted molar refractivity (Wildman–Crippen MR) is 50.1 cm³/mol. The Hall–Kier alpha value is -1.29. The molecule has 0 amide bonds. The SMILES string of the molecule is CC(C)CC(O)c1occc1C(=O)O. The molecule has 1 unspecified atom stereocenters. The van der Waals surface area contributed by atoms with Crippen LogP contribution in [0, 0.1) is 5.92 Å². The van der Waals surface area contributed by atoms with Gasteiger partial charge >= 0.3 is 5.97 Å². The summed E-state index contributed by atoms with van der Waals surface area (Å²) in [6.45, 7) is 3.90. The number of carbonyl (C=O) groups is 1. The van der Waals surface area contributed by atoms with Crippen LogP contribution in [-0.4, -0.2) is 16.2 Å². The average Bonchev–Trinajstić information content (AvgIpc) is 2.49. The van der Waals surface area contributed by atoms with Gasteiger partial charge in [-0.1, -0.05) is 13.8 Å². The van der Waals surface area contributed by atoms with Gasteiger partial charge in [0, 0.05) is 0 Å². The third-order valence-electron chi connectivity index (χ3n) is 1.92. The van der Waals surface area contributed by atoms with Gasteiger partial charge in [-0.15, -0.1) is 0 Å². The highest BCUT2D eigenvalue weighted by Crippen LogP contribution is 2.24. The van der Waals surface area contributed by atoms with Gasteiger partial charge in [0.2, 0.25) is 0 Å². The molecule has 1 aromatic heterocycles. The summed E-state index contributed by atoms with van der Waals surface area (Å²) in [4.78, 5) is 10.7. The first-order valence-electron chi connectivity index (χ1n) is 4.51. The van der Waals surface area contributed by atoms with Crippen molar-refractivity contribution in [3.8, 4) is 0 Å². The molecule has 1 aromatic rings. The molecule has 0 aromatic carbocycles. The number of carboxylic acid groups (broad SMARTS) is 1. The van der Waals surface area contributed by atoms with Crippen LogP contribution in [0.3, 0.4) is 0 Å². The molecule has 0 aliphatic rings. The number of aliphatic hydroxyl groups is 1. The summed E-state index contributed by atoms with van der Waals surface area (Å²) in [5.74, 6) is -0.639. The van der Waals surface area contributed by atoms with Gasteiger partial charge in [0.1, 0.15) is 17.4 Å². The molecule has 4 heteroatoms. The number of furan rings is 1. The van der Waals surface area contributed by atoms with E-state index in [9.17, 15) is 9.90 Å². The molecule has 0 aliphatic carbocycles. The number of hydrogen-bond acceptors (Lipinski definition) is 3. The van der Waals surface area contributed by atoms with Gasteiger partial charge in [0.05, 0.1) is 6.26 Å². The summed E-state index contributed by atoms with van der Waals surface area (Å²) < 4.78 is 4.96. The Morgan fingerprint density at radius 3 is 2.71 bits per heavy atom. The fraction of sp³-hybridized carbons (Fsp3) is 0.500. The van der Waals surface area contributed by atoms with Gasteiger partial charge in [-0.25, -0.2) is 4.79 Å². The first-order chi connectivity index (χ1) is 6.52. The van der Waals surface area contributed by atoms with E-state index >= 15 is 0 Å². The molecule has 2 N–H and O–H groups in total. The van der Waals surface area contributed by atoms with Crippen molar-refractivity contribution in [1.82, 2.24) is 0 Å². The molecule has 0 aliphatic heterocycles. The van der Waals surface area contributed by atoms with Crippen molar-refractivity contribution < 1.29 is 19.4 Å². The summed E-state index contributed by atoms with van der Waals surface area (Å²) in [5.41, 5.74) is 0.0400. The van der Waals surface area contributed by atoms with E-state index in [0.717, 1.165) is 0 Å². The van der Waals surface area contributed by atoms with E-state index in [0.29, 0.717) is 6.42 Å². The van der Waals surface area contributed by atoms with Crippen molar-refractivity contribution in [3.05, 3.63) is 23.7 Å². The highest BCUT2D eigenvalue weighted by Gasteiger charge is 2.21. The van der Waals surface area contributed by atoms with E-state index in [4.69, 9.17) is 9.52 Å². The summed E-state index contributed by atoms with van der Waals surface area (Å²) in [6, 6.07) is 1.35. The van der Waals surface area contributed by atoms with E-state index in [2.05, 4.69) is 0 Å². The highest BCUT2D eigenvalue weighted by molar-refractivity contribution is 5.88. The number of carboxylic acids is 1. The van der Waals surface area contributed by atoms with Gasteiger partial charge in [-0.05, 0) is 18.4 Å². The van der Waals surface area contributed by atoms with E-state index < -0.39 is 12.1 Å². The van der Waals surface area contributed by atoms with E-state index in [1.165, 1.54) is 12.3 Å². The largest absolute Gasteiger partial charge is 0.478 e. The van der Waals surface area contributed by atoms with Crippen LogP contribution in [-0.2, 0) is 0 Å². The van der Waals surface area contributed by atoms with Crippen LogP contribution in [0.4, 0.5) is 0 Å². The van der Waals surface area contributed by atoms with Gasteiger partial charge in [0.15, 0.2) is 0 Å². The molecule has 78 valence electrons. The van der Waals surface area contributed by atoms with Crippen LogP contribution < -0.4 is 0 Å². The van der Waals surface area contributed by atoms with Crippen molar-refractivity contribution in [2.45, 2.75) is 26.4 Å². The minimum atomic E-state index is -1.07. The Morgan fingerprint density at radius 1 is 1.57 bits per heavy atom. The number of hydrogen-bond donors (Lipinski definition) is 2. The Balaban J connectivity index is 2.84. The fourth-order valence-corrected chi connectivity index (χ4v) is 1.31. The molecule has 0 spiro atoms. The second-order valence-electron chi connectivity index (χ2n) is 3.65. The van der Waals surface area contributed by atoms with Crippen molar-refractivity contribution in [3.63, 3.8) is 0 Å². The third kappa shape index (κ3) is 2.35. The predicted octanol–water partition coefficient (Wildman–Crippen LogP) is 2.06. The second kappa shape index (κ2) is 4.28. The molecule has 1 rings (SSSR count). The summed E-state index contributed by atoms with van der Waals surface area (Å²) in [7, 11) is 0. The van der Waals surface area contributed by atoms with Crippen molar-refractivity contribution in [1.29, 1.82) is 0 Å². The number of aliphatic hydroxyl groups excluding tert-OH is 1. The van der Waals surface area contributed by atoms with Gasteiger partial charge < -0.3 is 14.6 Å². The summed E-state index contributed by atoms with van der Waals surface area (Å²) in [5, 5.41) is 18.4. The van der Waals surface area contributed by atoms with Gasteiger partial charge in [-0.3, -0.25) is 0 Å². The van der Waals surface area contributed by atoms with Crippen molar-refractivity contribution >= 4 is 5.97 Å². The normalized spacial score (nSPS) is 13.1. The topological polar surface area (TPSA) is 70.7 Å². The highest BCUT2D eigenvalue weighted by atomic mass is 16.4. The molecule has 1 heterocycles. The summed E-state index contributed by atoms with van der Waals surface area (Å²) in [6.07, 6.45) is 0.937. The third-order valence-corrected chi connectivity index (χ3v) is 1.92. The minimum Gasteiger partial charge on any atom is -0.478 e. The maximum Gasteiger partial charge on any atom is 0.339 e. The average molecular weight is 198 g/mol. The second-order valence-corrected chi connectivity index (χ2v) is 3.65. The lowest BCUT2D eigenvalue weighted by molar-refractivity contribution is 0.0677. The monoisotopic (exact) mass is 198 g/mol. The van der Waals surface area contributed by atoms with E-state index in [1.807, 2.05) is 13.8 Å². The first kappa shape index (κ1) is 10.8. The van der Waals surface area contributed by atoms with Crippen LogP contribution in [0.1, 0.15) is 42.5 Å². The molecule has 4 nitrogen and oxygen atoms in total. The molecule has 0 bridgehead atoms. The fourth-order valence-electron chi connectivity index (χ4n) is 1.31. The van der Waals surface area contributed by atoms with E-state index in [1.54, 1.807) is 0 Å². The van der Waals surface area contributed by atoms with Crippen LogP contribution in [0.2, 0.25) is 0 Å². The molecule has 0 saturated carbocycles. The lowest BCUT2D eigenvalue weighted by atomic mass is 10.0. The van der Waals surface area contributed by atoms with Crippen molar-refractivity contribution in [2.24, 2.45) is 5.92 Å². The molecule has 0 fully saturated rings. The van der Waals surface area contributed by atoms with Crippen molar-refractivity contribution in [2.75, 3.05) is 0 Å². The maximum absolute atomic E-state index is 10.7. The van der Waals surface area contributed by atoms with Crippen LogP contribution in [0.15, 0.2) is 16.7 Å². The molecule has 0 saturated heterocycles. The van der Waals surface area contributed by atoms with Crippen LogP contribution in [0.25, 0.3) is 0 Å². The Bertz CT molecular complexity index is 314. The summed E-state index contributed by atoms with van der Waals surface area (Å²) >= 11 is 0. The zero-order chi connectivity index (χ0) is 10.7. The quantitative estimate of drug-likeness (QED) is 0.776. The first-order valence-corrected chi connectivity index (χ1v) is 4.51. The standard InChI is InChI=1S/C10H14O4/c1-6(2)5-8(11)9-7(10(12)13)3-4-14-9/h3-4,6,8,11H,5H2,1-2H3,(H,12,13). The molecular formula is C10H14O4. The Kier molecular flexibility index (Phi) is 3.30. The zero-order valence-electron chi connectivity index (χ0n) is 8.23. The smallest absolute Gasteiger partial charge is 0.339 e. The Morgan fingerprint density at radius 2 is 2.21 bits per heavy atom. The number of aromatic carboxylic acids is 1. The molecule has 0 radical (unpaired) electrons. The van der Waals surface area contributed by atoms with Crippen LogP contribution >= 0.6 is 0 Å². The Labute approximate surface area is 82.2 Å². The maximum atomic E-state index is 10.7. The lowest BCUT2D eigenvalue weighted by Gasteiger charge is -2.10. The molecular weight excluding hydrogens is 184 g/mol. The van der Waals surface area contributed by atoms with E-state index in [-0.39, 0.29) is 17.2 Å².